The van der Waals surface area contributed by atoms with Crippen molar-refractivity contribution in [1.29, 1.82) is 0 Å². The topological polar surface area (TPSA) is 65.2 Å². The van der Waals surface area contributed by atoms with Crippen LogP contribution < -0.4 is 4.74 Å². The standard InChI is InChI=1S/C27H23N5OS/c1-4-18-7-11-21(12-8-18)33-14-19-5-9-20(10-6-19)25-30-26-24-23(28-15-32(26)31-25)22-16(2)13-17(3)29-27(22)34-24/h5-13,15H,4,14H2,1-3H3. The summed E-state index contributed by atoms with van der Waals surface area (Å²) in [6, 6.07) is 18.6. The molecule has 0 aliphatic heterocycles. The van der Waals surface area contributed by atoms with Gasteiger partial charge in [-0.05, 0) is 55.2 Å². The van der Waals surface area contributed by atoms with E-state index in [1.807, 2.05) is 31.2 Å². The first-order valence-electron chi connectivity index (χ1n) is 11.3. The molecule has 168 valence electrons. The van der Waals surface area contributed by atoms with Gasteiger partial charge in [0.05, 0.1) is 5.52 Å². The number of nitrogens with zero attached hydrogens (tertiary/aromatic N) is 5. The van der Waals surface area contributed by atoms with Gasteiger partial charge in [0.25, 0.3) is 0 Å². The maximum Gasteiger partial charge on any atom is 0.182 e. The van der Waals surface area contributed by atoms with E-state index in [2.05, 4.69) is 54.3 Å². The summed E-state index contributed by atoms with van der Waals surface area (Å²) in [6.07, 6.45) is 2.77. The van der Waals surface area contributed by atoms with Crippen LogP contribution in [0.3, 0.4) is 0 Å². The van der Waals surface area contributed by atoms with Gasteiger partial charge in [-0.15, -0.1) is 16.4 Å². The number of aryl methyl sites for hydroxylation is 3. The van der Waals surface area contributed by atoms with Crippen LogP contribution in [0.1, 0.15) is 29.3 Å². The smallest absolute Gasteiger partial charge is 0.182 e. The molecule has 0 aliphatic rings. The van der Waals surface area contributed by atoms with Crippen molar-refractivity contribution in [2.24, 2.45) is 0 Å². The number of rotatable bonds is 5. The third-order valence-corrected chi connectivity index (χ3v) is 7.11. The lowest BCUT2D eigenvalue weighted by atomic mass is 10.1. The van der Waals surface area contributed by atoms with E-state index >= 15 is 0 Å². The molecule has 0 unspecified atom stereocenters. The summed E-state index contributed by atoms with van der Waals surface area (Å²) in [5.74, 6) is 1.55. The van der Waals surface area contributed by atoms with E-state index < -0.39 is 0 Å². The van der Waals surface area contributed by atoms with E-state index in [1.54, 1.807) is 22.2 Å². The Balaban J connectivity index is 1.29. The first-order valence-corrected chi connectivity index (χ1v) is 12.1. The van der Waals surface area contributed by atoms with Crippen LogP contribution in [0.5, 0.6) is 5.75 Å². The van der Waals surface area contributed by atoms with Gasteiger partial charge in [-0.2, -0.15) is 0 Å². The van der Waals surface area contributed by atoms with Gasteiger partial charge in [-0.3, -0.25) is 0 Å². The van der Waals surface area contributed by atoms with Gasteiger partial charge in [0.2, 0.25) is 0 Å². The summed E-state index contributed by atoms with van der Waals surface area (Å²) in [7, 11) is 0. The highest BCUT2D eigenvalue weighted by molar-refractivity contribution is 7.26. The van der Waals surface area contributed by atoms with Crippen LogP contribution in [0.2, 0.25) is 0 Å². The number of thiophene rings is 1. The quantitative estimate of drug-likeness (QED) is 0.298. The maximum atomic E-state index is 5.93. The molecule has 0 saturated carbocycles. The van der Waals surface area contributed by atoms with E-state index in [-0.39, 0.29) is 0 Å². The Morgan fingerprint density at radius 1 is 0.941 bits per heavy atom. The molecule has 6 rings (SSSR count). The van der Waals surface area contributed by atoms with Gasteiger partial charge in [0.15, 0.2) is 11.5 Å². The minimum absolute atomic E-state index is 0.516. The second kappa shape index (κ2) is 8.18. The highest BCUT2D eigenvalue weighted by Crippen LogP contribution is 2.36. The summed E-state index contributed by atoms with van der Waals surface area (Å²) in [5, 5.41) is 5.78. The molecule has 4 aromatic heterocycles. The molecule has 0 aliphatic carbocycles. The zero-order chi connectivity index (χ0) is 23.2. The zero-order valence-electron chi connectivity index (χ0n) is 19.2. The Morgan fingerprint density at radius 2 is 1.71 bits per heavy atom. The first-order chi connectivity index (χ1) is 16.6. The Kier molecular flexibility index (Phi) is 4.99. The van der Waals surface area contributed by atoms with Crippen LogP contribution in [0.25, 0.3) is 37.5 Å². The summed E-state index contributed by atoms with van der Waals surface area (Å²) < 4.78 is 8.70. The fraction of sp³-hybridized carbons (Fsp3) is 0.185. The van der Waals surface area contributed by atoms with Crippen LogP contribution in [-0.4, -0.2) is 24.6 Å². The third-order valence-electron chi connectivity index (χ3n) is 6.04. The average Bonchev–Trinajstić information content (AvgIpc) is 3.45. The number of hydrogen-bond acceptors (Lipinski definition) is 6. The average molecular weight is 466 g/mol. The first kappa shape index (κ1) is 20.7. The number of pyridine rings is 1. The highest BCUT2D eigenvalue weighted by atomic mass is 32.1. The lowest BCUT2D eigenvalue weighted by Crippen LogP contribution is -1.95. The fourth-order valence-corrected chi connectivity index (χ4v) is 5.45. The number of benzene rings is 2. The third kappa shape index (κ3) is 3.58. The minimum atomic E-state index is 0.516. The molecule has 2 aromatic carbocycles. The van der Waals surface area contributed by atoms with Crippen LogP contribution in [0, 0.1) is 13.8 Å². The summed E-state index contributed by atoms with van der Waals surface area (Å²) in [5.41, 5.74) is 7.30. The molecule has 0 atom stereocenters. The molecule has 4 heterocycles. The minimum Gasteiger partial charge on any atom is -0.489 e. The molecule has 7 heteroatoms. The van der Waals surface area contributed by atoms with E-state index in [0.29, 0.717) is 12.4 Å². The molecule has 6 aromatic rings. The molecule has 0 radical (unpaired) electrons. The van der Waals surface area contributed by atoms with Crippen molar-refractivity contribution in [1.82, 2.24) is 24.6 Å². The number of hydrogen-bond donors (Lipinski definition) is 0. The SMILES string of the molecule is CCc1ccc(OCc2ccc(-c3nc4c5sc6nc(C)cc(C)c6c5ncn4n3)cc2)cc1. The largest absolute Gasteiger partial charge is 0.489 e. The fourth-order valence-electron chi connectivity index (χ4n) is 4.23. The molecule has 0 amide bonds. The zero-order valence-corrected chi connectivity index (χ0v) is 20.1. The van der Waals surface area contributed by atoms with E-state index in [0.717, 1.165) is 55.1 Å². The summed E-state index contributed by atoms with van der Waals surface area (Å²) in [4.78, 5) is 15.3. The Hall–Kier alpha value is -3.84. The van der Waals surface area contributed by atoms with Crippen molar-refractivity contribution >= 4 is 37.4 Å². The molecular weight excluding hydrogens is 442 g/mol. The van der Waals surface area contributed by atoms with Crippen molar-refractivity contribution in [3.8, 4) is 17.1 Å². The van der Waals surface area contributed by atoms with Crippen LogP contribution in [0.15, 0.2) is 60.9 Å². The van der Waals surface area contributed by atoms with Gasteiger partial charge in [0.1, 0.15) is 28.2 Å². The predicted molar refractivity (Wildman–Crippen MR) is 137 cm³/mol. The lowest BCUT2D eigenvalue weighted by molar-refractivity contribution is 0.306. The summed E-state index contributed by atoms with van der Waals surface area (Å²) in [6.45, 7) is 6.79. The molecule has 0 N–H and O–H groups in total. The van der Waals surface area contributed by atoms with Crippen molar-refractivity contribution in [2.75, 3.05) is 0 Å². The number of aromatic nitrogens is 5. The van der Waals surface area contributed by atoms with E-state index in [9.17, 15) is 0 Å². The summed E-state index contributed by atoms with van der Waals surface area (Å²) >= 11 is 1.62. The Morgan fingerprint density at radius 3 is 2.47 bits per heavy atom. The van der Waals surface area contributed by atoms with E-state index in [1.165, 1.54) is 11.1 Å². The molecule has 6 nitrogen and oxygen atoms in total. The Bertz CT molecular complexity index is 1650. The number of ether oxygens (including phenoxy) is 1. The second-order valence-corrected chi connectivity index (χ2v) is 9.47. The number of fused-ring (bicyclic) bond motifs is 5. The van der Waals surface area contributed by atoms with Gasteiger partial charge in [-0.25, -0.2) is 19.5 Å². The van der Waals surface area contributed by atoms with Crippen molar-refractivity contribution < 1.29 is 4.74 Å². The van der Waals surface area contributed by atoms with Crippen molar-refractivity contribution in [2.45, 2.75) is 33.8 Å². The van der Waals surface area contributed by atoms with Crippen LogP contribution in [-0.2, 0) is 13.0 Å². The molecule has 0 fully saturated rings. The predicted octanol–water partition coefficient (Wildman–Crippen LogP) is 6.31. The molecular formula is C27H23N5OS. The maximum absolute atomic E-state index is 5.93. The lowest BCUT2D eigenvalue weighted by Gasteiger charge is -2.07. The van der Waals surface area contributed by atoms with Crippen LogP contribution >= 0.6 is 11.3 Å². The van der Waals surface area contributed by atoms with Gasteiger partial charge in [0, 0.05) is 16.6 Å². The monoisotopic (exact) mass is 465 g/mol. The molecule has 0 bridgehead atoms. The van der Waals surface area contributed by atoms with Gasteiger partial charge in [-0.1, -0.05) is 43.3 Å². The second-order valence-electron chi connectivity index (χ2n) is 8.47. The highest BCUT2D eigenvalue weighted by Gasteiger charge is 2.16. The van der Waals surface area contributed by atoms with Gasteiger partial charge >= 0.3 is 0 Å². The van der Waals surface area contributed by atoms with Gasteiger partial charge < -0.3 is 4.74 Å². The molecule has 0 spiro atoms. The van der Waals surface area contributed by atoms with E-state index in [4.69, 9.17) is 14.7 Å². The molecule has 0 saturated heterocycles. The van der Waals surface area contributed by atoms with Crippen LogP contribution in [0.4, 0.5) is 0 Å². The Labute approximate surface area is 200 Å². The van der Waals surface area contributed by atoms with Crippen molar-refractivity contribution in [3.05, 3.63) is 83.3 Å². The normalized spacial score (nSPS) is 11.6. The van der Waals surface area contributed by atoms with Crippen molar-refractivity contribution in [3.63, 3.8) is 0 Å². The molecule has 34 heavy (non-hydrogen) atoms.